The van der Waals surface area contributed by atoms with Gasteiger partial charge in [0.25, 0.3) is 0 Å². The number of benzene rings is 1. The minimum atomic E-state index is 0.383. The van der Waals surface area contributed by atoms with Gasteiger partial charge in [0.2, 0.25) is 5.89 Å². The normalized spacial score (nSPS) is 16.7. The van der Waals surface area contributed by atoms with Gasteiger partial charge in [-0.15, -0.1) is 0 Å². The summed E-state index contributed by atoms with van der Waals surface area (Å²) in [4.78, 5) is 9.32. The van der Waals surface area contributed by atoms with Crippen LogP contribution in [0.1, 0.15) is 49.0 Å². The third kappa shape index (κ3) is 4.91. The van der Waals surface area contributed by atoms with Gasteiger partial charge in [-0.2, -0.15) is 5.26 Å². The molecule has 0 amide bonds. The van der Waals surface area contributed by atoms with Gasteiger partial charge in [0.05, 0.1) is 24.4 Å². The smallest absolute Gasteiger partial charge is 0.208 e. The average molecular weight is 338 g/mol. The van der Waals surface area contributed by atoms with Gasteiger partial charge in [-0.05, 0) is 37.2 Å². The van der Waals surface area contributed by atoms with Crippen molar-refractivity contribution >= 4 is 0 Å². The van der Waals surface area contributed by atoms with Crippen LogP contribution in [-0.2, 0) is 13.1 Å². The Labute approximate surface area is 149 Å². The van der Waals surface area contributed by atoms with E-state index in [1.54, 1.807) is 0 Å². The molecule has 5 nitrogen and oxygen atoms in total. The molecule has 2 heterocycles. The molecule has 1 fully saturated rings. The maximum atomic E-state index is 8.89. The van der Waals surface area contributed by atoms with E-state index in [4.69, 9.17) is 9.68 Å². The molecule has 132 valence electrons. The molecule has 0 bridgehead atoms. The second kappa shape index (κ2) is 8.28. The Kier molecular flexibility index (Phi) is 5.85. The minimum Gasteiger partial charge on any atom is -0.444 e. The Balaban J connectivity index is 1.52. The minimum absolute atomic E-state index is 0.383. The molecule has 3 rings (SSSR count). The van der Waals surface area contributed by atoms with Gasteiger partial charge in [-0.25, -0.2) is 4.98 Å². The molecule has 25 heavy (non-hydrogen) atoms. The van der Waals surface area contributed by atoms with Gasteiger partial charge in [0.1, 0.15) is 5.76 Å². The highest BCUT2D eigenvalue weighted by atomic mass is 16.4. The summed E-state index contributed by atoms with van der Waals surface area (Å²) in [7, 11) is 0. The van der Waals surface area contributed by atoms with Gasteiger partial charge in [0, 0.05) is 25.6 Å². The molecule has 0 unspecified atom stereocenters. The zero-order valence-electron chi connectivity index (χ0n) is 15.1. The van der Waals surface area contributed by atoms with Gasteiger partial charge >= 0.3 is 0 Å². The first-order valence-corrected chi connectivity index (χ1v) is 9.02. The van der Waals surface area contributed by atoms with Crippen LogP contribution in [0.3, 0.4) is 0 Å². The molecule has 0 spiro atoms. The second-order valence-corrected chi connectivity index (χ2v) is 7.03. The van der Waals surface area contributed by atoms with Crippen molar-refractivity contribution < 1.29 is 4.42 Å². The fraction of sp³-hybridized carbons (Fsp3) is 0.500. The fourth-order valence-corrected chi connectivity index (χ4v) is 3.14. The number of nitrogens with zero attached hydrogens (tertiary/aromatic N) is 4. The van der Waals surface area contributed by atoms with Crippen molar-refractivity contribution in [2.75, 3.05) is 26.2 Å². The van der Waals surface area contributed by atoms with Crippen LogP contribution in [0.25, 0.3) is 0 Å². The maximum Gasteiger partial charge on any atom is 0.208 e. The van der Waals surface area contributed by atoms with Crippen LogP contribution in [0, 0.1) is 11.3 Å². The van der Waals surface area contributed by atoms with Crippen molar-refractivity contribution in [3.05, 3.63) is 53.2 Å². The van der Waals surface area contributed by atoms with E-state index in [0.717, 1.165) is 62.9 Å². The Hall–Kier alpha value is -2.16. The Bertz CT molecular complexity index is 714. The van der Waals surface area contributed by atoms with E-state index >= 15 is 0 Å². The van der Waals surface area contributed by atoms with Crippen molar-refractivity contribution in [1.82, 2.24) is 14.8 Å². The van der Waals surface area contributed by atoms with E-state index in [1.165, 1.54) is 5.56 Å². The number of aromatic nitrogens is 1. The van der Waals surface area contributed by atoms with Crippen molar-refractivity contribution in [3.63, 3.8) is 0 Å². The molecule has 1 saturated heterocycles. The monoisotopic (exact) mass is 338 g/mol. The number of hydrogen-bond donors (Lipinski definition) is 0. The van der Waals surface area contributed by atoms with Gasteiger partial charge < -0.3 is 4.42 Å². The predicted octanol–water partition coefficient (Wildman–Crippen LogP) is 3.38. The van der Waals surface area contributed by atoms with Crippen LogP contribution >= 0.6 is 0 Å². The lowest BCUT2D eigenvalue weighted by atomic mass is 10.1. The van der Waals surface area contributed by atoms with Crippen molar-refractivity contribution in [2.45, 2.75) is 39.3 Å². The number of hydrogen-bond acceptors (Lipinski definition) is 5. The lowest BCUT2D eigenvalue weighted by Gasteiger charge is -2.21. The molecule has 5 heteroatoms. The number of rotatable bonds is 5. The summed E-state index contributed by atoms with van der Waals surface area (Å²) >= 11 is 0. The number of nitriles is 1. The van der Waals surface area contributed by atoms with E-state index in [-0.39, 0.29) is 0 Å². The van der Waals surface area contributed by atoms with Crippen molar-refractivity contribution in [3.8, 4) is 6.07 Å². The lowest BCUT2D eigenvalue weighted by molar-refractivity contribution is 0.229. The summed E-state index contributed by atoms with van der Waals surface area (Å²) in [6.45, 7) is 10.2. The van der Waals surface area contributed by atoms with Crippen molar-refractivity contribution in [2.24, 2.45) is 0 Å². The molecule has 0 radical (unpaired) electrons. The molecule has 1 aliphatic rings. The third-order valence-electron chi connectivity index (χ3n) is 4.67. The predicted molar refractivity (Wildman–Crippen MR) is 96.9 cm³/mol. The molecule has 0 atom stereocenters. The van der Waals surface area contributed by atoms with Crippen LogP contribution in [0.4, 0.5) is 0 Å². The topological polar surface area (TPSA) is 56.3 Å². The summed E-state index contributed by atoms with van der Waals surface area (Å²) < 4.78 is 5.84. The van der Waals surface area contributed by atoms with Gasteiger partial charge in [-0.1, -0.05) is 26.0 Å². The quantitative estimate of drug-likeness (QED) is 0.836. The van der Waals surface area contributed by atoms with Crippen LogP contribution in [0.5, 0.6) is 0 Å². The van der Waals surface area contributed by atoms with Crippen LogP contribution in [-0.4, -0.2) is 41.0 Å². The molecule has 0 N–H and O–H groups in total. The maximum absolute atomic E-state index is 8.89. The van der Waals surface area contributed by atoms with E-state index in [1.807, 2.05) is 18.3 Å². The Morgan fingerprint density at radius 2 is 1.76 bits per heavy atom. The molecule has 0 aliphatic carbocycles. The first kappa shape index (κ1) is 17.7. The van der Waals surface area contributed by atoms with E-state index in [0.29, 0.717) is 5.92 Å². The molecule has 1 aliphatic heterocycles. The summed E-state index contributed by atoms with van der Waals surface area (Å²) in [5.41, 5.74) is 1.99. The van der Waals surface area contributed by atoms with Gasteiger partial charge in [0.15, 0.2) is 0 Å². The first-order valence-electron chi connectivity index (χ1n) is 9.02. The first-order chi connectivity index (χ1) is 12.1. The van der Waals surface area contributed by atoms with Crippen LogP contribution in [0.15, 0.2) is 34.9 Å². The largest absolute Gasteiger partial charge is 0.444 e. The van der Waals surface area contributed by atoms with E-state index in [2.05, 4.69) is 46.8 Å². The fourth-order valence-electron chi connectivity index (χ4n) is 3.14. The molecular weight excluding hydrogens is 312 g/mol. The molecule has 2 aromatic rings. The van der Waals surface area contributed by atoms with Gasteiger partial charge in [-0.3, -0.25) is 9.80 Å². The molecule has 1 aromatic heterocycles. The molecule has 0 saturated carbocycles. The zero-order valence-corrected chi connectivity index (χ0v) is 15.1. The third-order valence-corrected chi connectivity index (χ3v) is 4.67. The highest BCUT2D eigenvalue weighted by Crippen LogP contribution is 2.17. The summed E-state index contributed by atoms with van der Waals surface area (Å²) in [5, 5.41) is 8.89. The Morgan fingerprint density at radius 3 is 2.36 bits per heavy atom. The lowest BCUT2D eigenvalue weighted by Crippen LogP contribution is -2.30. The molecule has 1 aromatic carbocycles. The van der Waals surface area contributed by atoms with Crippen LogP contribution in [0.2, 0.25) is 0 Å². The van der Waals surface area contributed by atoms with E-state index < -0.39 is 0 Å². The summed E-state index contributed by atoms with van der Waals surface area (Å²) in [6, 6.07) is 10.1. The highest BCUT2D eigenvalue weighted by Gasteiger charge is 2.17. The standard InChI is InChI=1S/C20H26N4O/c1-16(2)19-13-22-20(25-19)15-24-9-3-8-23(10-11-24)14-18-6-4-17(12-21)5-7-18/h4-7,13,16H,3,8-11,14-15H2,1-2H3. The summed E-state index contributed by atoms with van der Waals surface area (Å²) in [5.74, 6) is 2.17. The average Bonchev–Trinajstić information content (AvgIpc) is 2.98. The Morgan fingerprint density at radius 1 is 1.08 bits per heavy atom. The summed E-state index contributed by atoms with van der Waals surface area (Å²) in [6.07, 6.45) is 3.00. The second-order valence-electron chi connectivity index (χ2n) is 7.03. The van der Waals surface area contributed by atoms with E-state index in [9.17, 15) is 0 Å². The SMILES string of the molecule is CC(C)c1cnc(CN2CCCN(Cc3ccc(C#N)cc3)CC2)o1. The van der Waals surface area contributed by atoms with Crippen molar-refractivity contribution in [1.29, 1.82) is 5.26 Å². The molecular formula is C20H26N4O. The number of oxazole rings is 1. The van der Waals surface area contributed by atoms with Crippen LogP contribution < -0.4 is 0 Å². The highest BCUT2D eigenvalue weighted by molar-refractivity contribution is 5.31. The zero-order chi connectivity index (χ0) is 17.6.